The zero-order valence-electron chi connectivity index (χ0n) is 18.1. The second-order valence-electron chi connectivity index (χ2n) is 8.24. The fourth-order valence-electron chi connectivity index (χ4n) is 5.00. The molecular formula is C26H26N2O3S. The Hall–Kier alpha value is -2.96. The van der Waals surface area contributed by atoms with Gasteiger partial charge in [0.05, 0.1) is 18.6 Å². The number of para-hydroxylation sites is 1. The van der Waals surface area contributed by atoms with Crippen LogP contribution in [0.5, 0.6) is 0 Å². The number of hydrogen-bond donors (Lipinski definition) is 0. The van der Waals surface area contributed by atoms with E-state index in [-0.39, 0.29) is 17.9 Å². The van der Waals surface area contributed by atoms with Crippen molar-refractivity contribution in [3.63, 3.8) is 0 Å². The second kappa shape index (κ2) is 8.88. The molecule has 3 heterocycles. The average Bonchev–Trinajstić information content (AvgIpc) is 3.37. The van der Waals surface area contributed by atoms with Crippen LogP contribution in [-0.4, -0.2) is 43.5 Å². The molecule has 2 aliphatic rings. The number of nitrogens with zero attached hydrogens (tertiary/aromatic N) is 2. The van der Waals surface area contributed by atoms with E-state index in [1.165, 1.54) is 5.56 Å². The number of thiophene rings is 1. The first-order chi connectivity index (χ1) is 15.7. The highest BCUT2D eigenvalue weighted by atomic mass is 32.1. The van der Waals surface area contributed by atoms with E-state index in [0.29, 0.717) is 25.3 Å². The Morgan fingerprint density at radius 1 is 1.09 bits per heavy atom. The molecular weight excluding hydrogens is 420 g/mol. The Morgan fingerprint density at radius 2 is 1.91 bits per heavy atom. The van der Waals surface area contributed by atoms with Crippen molar-refractivity contribution in [2.45, 2.75) is 24.8 Å². The minimum Gasteiger partial charge on any atom is -0.383 e. The van der Waals surface area contributed by atoms with Crippen molar-refractivity contribution < 1.29 is 14.3 Å². The molecule has 0 saturated carbocycles. The SMILES string of the molecule is COCCN1C(=O)c2ccccc2C(C(=O)N2CCCc3ccccc32)C1c1cccs1. The highest BCUT2D eigenvalue weighted by Gasteiger charge is 2.46. The number of hydrogen-bond acceptors (Lipinski definition) is 4. The van der Waals surface area contributed by atoms with Crippen molar-refractivity contribution in [3.8, 4) is 0 Å². The minimum atomic E-state index is -0.467. The number of fused-ring (bicyclic) bond motifs is 2. The summed E-state index contributed by atoms with van der Waals surface area (Å²) >= 11 is 1.59. The zero-order chi connectivity index (χ0) is 22.1. The molecule has 6 heteroatoms. The third-order valence-corrected chi connectivity index (χ3v) is 7.39. The monoisotopic (exact) mass is 446 g/mol. The third kappa shape index (κ3) is 3.53. The molecule has 2 unspecified atom stereocenters. The lowest BCUT2D eigenvalue weighted by molar-refractivity contribution is -0.121. The van der Waals surface area contributed by atoms with Gasteiger partial charge in [-0.25, -0.2) is 0 Å². The Kier molecular flexibility index (Phi) is 5.81. The number of ether oxygens (including phenoxy) is 1. The molecule has 2 amide bonds. The fourth-order valence-corrected chi connectivity index (χ4v) is 5.87. The Morgan fingerprint density at radius 3 is 2.72 bits per heavy atom. The smallest absolute Gasteiger partial charge is 0.254 e. The number of benzene rings is 2. The molecule has 2 atom stereocenters. The van der Waals surface area contributed by atoms with E-state index in [2.05, 4.69) is 6.07 Å². The topological polar surface area (TPSA) is 49.9 Å². The van der Waals surface area contributed by atoms with Crippen LogP contribution in [0.1, 0.15) is 44.7 Å². The summed E-state index contributed by atoms with van der Waals surface area (Å²) < 4.78 is 5.32. The number of aryl methyl sites for hydroxylation is 1. The summed E-state index contributed by atoms with van der Waals surface area (Å²) in [5.41, 5.74) is 3.63. The minimum absolute atomic E-state index is 0.0425. The molecule has 0 aliphatic carbocycles. The largest absolute Gasteiger partial charge is 0.383 e. The van der Waals surface area contributed by atoms with Crippen molar-refractivity contribution in [1.82, 2.24) is 4.90 Å². The Bertz CT molecular complexity index is 1130. The molecule has 164 valence electrons. The van der Waals surface area contributed by atoms with Crippen LogP contribution in [0.2, 0.25) is 0 Å². The first-order valence-corrected chi connectivity index (χ1v) is 11.9. The average molecular weight is 447 g/mol. The lowest BCUT2D eigenvalue weighted by Crippen LogP contribution is -2.50. The van der Waals surface area contributed by atoms with E-state index in [1.807, 2.05) is 69.8 Å². The van der Waals surface area contributed by atoms with E-state index < -0.39 is 5.92 Å². The molecule has 0 N–H and O–H groups in total. The summed E-state index contributed by atoms with van der Waals surface area (Å²) in [5, 5.41) is 2.01. The van der Waals surface area contributed by atoms with Gasteiger partial charge in [0.25, 0.3) is 5.91 Å². The predicted molar refractivity (Wildman–Crippen MR) is 126 cm³/mol. The van der Waals surface area contributed by atoms with E-state index in [9.17, 15) is 9.59 Å². The molecule has 0 radical (unpaired) electrons. The van der Waals surface area contributed by atoms with Crippen LogP contribution in [0.4, 0.5) is 5.69 Å². The molecule has 2 aromatic carbocycles. The summed E-state index contributed by atoms with van der Waals surface area (Å²) in [4.78, 5) is 32.6. The van der Waals surface area contributed by atoms with Crippen LogP contribution in [0, 0.1) is 0 Å². The van der Waals surface area contributed by atoms with Gasteiger partial charge in [-0.1, -0.05) is 42.5 Å². The van der Waals surface area contributed by atoms with Crippen LogP contribution in [-0.2, 0) is 16.0 Å². The zero-order valence-corrected chi connectivity index (χ0v) is 18.9. The Balaban J connectivity index is 1.65. The van der Waals surface area contributed by atoms with Crippen molar-refractivity contribution in [3.05, 3.63) is 87.6 Å². The van der Waals surface area contributed by atoms with Gasteiger partial charge in [0.1, 0.15) is 0 Å². The molecule has 5 nitrogen and oxygen atoms in total. The van der Waals surface area contributed by atoms with Crippen LogP contribution in [0.3, 0.4) is 0 Å². The highest BCUT2D eigenvalue weighted by molar-refractivity contribution is 7.10. The molecule has 32 heavy (non-hydrogen) atoms. The standard InChI is InChI=1S/C26H26N2O3S/c1-31-16-15-28-24(22-13-7-17-32-22)23(19-10-3-4-11-20(19)25(28)29)26(30)27-14-6-9-18-8-2-5-12-21(18)27/h2-5,7-8,10-13,17,23-24H,6,9,14-16H2,1H3. The van der Waals surface area contributed by atoms with E-state index >= 15 is 0 Å². The normalized spacial score (nSPS) is 20.1. The molecule has 1 aromatic heterocycles. The lowest BCUT2D eigenvalue weighted by atomic mass is 9.80. The van der Waals surface area contributed by atoms with Gasteiger partial charge in [0, 0.05) is 36.3 Å². The maximum Gasteiger partial charge on any atom is 0.254 e. The maximum absolute atomic E-state index is 14.3. The van der Waals surface area contributed by atoms with Crippen molar-refractivity contribution >= 4 is 28.8 Å². The van der Waals surface area contributed by atoms with Gasteiger partial charge < -0.3 is 14.5 Å². The second-order valence-corrected chi connectivity index (χ2v) is 9.22. The number of rotatable bonds is 5. The molecule has 0 fully saturated rings. The number of carbonyl (C=O) groups excluding carboxylic acids is 2. The van der Waals surface area contributed by atoms with Crippen LogP contribution >= 0.6 is 11.3 Å². The van der Waals surface area contributed by atoms with E-state index in [0.717, 1.165) is 29.0 Å². The van der Waals surface area contributed by atoms with Crippen LogP contribution < -0.4 is 4.90 Å². The van der Waals surface area contributed by atoms with Crippen LogP contribution in [0.25, 0.3) is 0 Å². The van der Waals surface area contributed by atoms with Gasteiger partial charge >= 0.3 is 0 Å². The lowest BCUT2D eigenvalue weighted by Gasteiger charge is -2.43. The van der Waals surface area contributed by atoms with Crippen LogP contribution in [0.15, 0.2) is 66.0 Å². The molecule has 3 aromatic rings. The van der Waals surface area contributed by atoms with Crippen molar-refractivity contribution in [1.29, 1.82) is 0 Å². The number of amides is 2. The van der Waals surface area contributed by atoms with Gasteiger partial charge in [0.2, 0.25) is 5.91 Å². The molecule has 0 saturated heterocycles. The molecule has 0 bridgehead atoms. The number of carbonyl (C=O) groups is 2. The van der Waals surface area contributed by atoms with Gasteiger partial charge in [-0.05, 0) is 47.5 Å². The molecule has 5 rings (SSSR count). The van der Waals surface area contributed by atoms with Crippen molar-refractivity contribution in [2.24, 2.45) is 0 Å². The van der Waals surface area contributed by atoms with Gasteiger partial charge in [0.15, 0.2) is 0 Å². The first-order valence-electron chi connectivity index (χ1n) is 11.0. The summed E-state index contributed by atoms with van der Waals surface area (Å²) in [6.07, 6.45) is 1.92. The van der Waals surface area contributed by atoms with Crippen molar-refractivity contribution in [2.75, 3.05) is 31.7 Å². The van der Waals surface area contributed by atoms with Gasteiger partial charge in [-0.15, -0.1) is 11.3 Å². The predicted octanol–water partition coefficient (Wildman–Crippen LogP) is 4.65. The fraction of sp³-hybridized carbons (Fsp3) is 0.308. The summed E-state index contributed by atoms with van der Waals surface area (Å²) in [5.74, 6) is -0.456. The quantitative estimate of drug-likeness (QED) is 0.573. The summed E-state index contributed by atoms with van der Waals surface area (Å²) in [7, 11) is 1.63. The maximum atomic E-state index is 14.3. The summed E-state index contributed by atoms with van der Waals surface area (Å²) in [6, 6.07) is 19.4. The molecule has 0 spiro atoms. The third-order valence-electron chi connectivity index (χ3n) is 6.45. The summed E-state index contributed by atoms with van der Waals surface area (Å²) in [6.45, 7) is 1.55. The Labute approximate surface area is 192 Å². The number of anilines is 1. The van der Waals surface area contributed by atoms with Gasteiger partial charge in [-0.3, -0.25) is 9.59 Å². The number of methoxy groups -OCH3 is 1. The van der Waals surface area contributed by atoms with E-state index in [4.69, 9.17) is 4.74 Å². The molecule has 2 aliphatic heterocycles. The first kappa shape index (κ1) is 20.9. The highest BCUT2D eigenvalue weighted by Crippen LogP contribution is 2.46. The van der Waals surface area contributed by atoms with E-state index in [1.54, 1.807) is 18.4 Å². The van der Waals surface area contributed by atoms with Gasteiger partial charge in [-0.2, -0.15) is 0 Å².